The highest BCUT2D eigenvalue weighted by molar-refractivity contribution is 5.89. The Balaban J connectivity index is 2.01. The maximum atomic E-state index is 12.4. The maximum absolute atomic E-state index is 12.4. The Morgan fingerprint density at radius 3 is 2.63 bits per heavy atom. The number of nitrogens with zero attached hydrogens (tertiary/aromatic N) is 2. The van der Waals surface area contributed by atoms with Crippen LogP contribution in [0.2, 0.25) is 0 Å². The van der Waals surface area contributed by atoms with Crippen molar-refractivity contribution in [3.8, 4) is 0 Å². The molecule has 0 bridgehead atoms. The summed E-state index contributed by atoms with van der Waals surface area (Å²) in [4.78, 5) is 38.3. The lowest BCUT2D eigenvalue weighted by Crippen LogP contribution is -2.48. The van der Waals surface area contributed by atoms with Crippen LogP contribution in [0.25, 0.3) is 0 Å². The van der Waals surface area contributed by atoms with Crippen molar-refractivity contribution < 1.29 is 19.5 Å². The van der Waals surface area contributed by atoms with E-state index in [1.165, 1.54) is 0 Å². The third-order valence-electron chi connectivity index (χ3n) is 4.01. The first-order valence-electron chi connectivity index (χ1n) is 6.85. The lowest BCUT2D eigenvalue weighted by atomic mass is 10.1. The number of rotatable bonds is 4. The van der Waals surface area contributed by atoms with Crippen LogP contribution in [-0.4, -0.2) is 58.4 Å². The Labute approximate surface area is 112 Å². The van der Waals surface area contributed by atoms with Crippen molar-refractivity contribution in [1.82, 2.24) is 9.80 Å². The highest BCUT2D eigenvalue weighted by Crippen LogP contribution is 2.22. The molecule has 6 heteroatoms. The van der Waals surface area contributed by atoms with Crippen LogP contribution in [0.4, 0.5) is 0 Å². The molecule has 0 aromatic carbocycles. The largest absolute Gasteiger partial charge is 0.481 e. The van der Waals surface area contributed by atoms with Gasteiger partial charge in [-0.25, -0.2) is 0 Å². The summed E-state index contributed by atoms with van der Waals surface area (Å²) in [6.45, 7) is 3.28. The molecule has 0 aliphatic carbocycles. The lowest BCUT2D eigenvalue weighted by Gasteiger charge is -2.29. The number of amides is 2. The fourth-order valence-corrected chi connectivity index (χ4v) is 2.90. The zero-order valence-corrected chi connectivity index (χ0v) is 11.2. The number of carbonyl (C=O) groups is 3. The van der Waals surface area contributed by atoms with Crippen molar-refractivity contribution >= 4 is 17.8 Å². The van der Waals surface area contributed by atoms with E-state index < -0.39 is 17.9 Å². The van der Waals surface area contributed by atoms with Crippen molar-refractivity contribution in [2.75, 3.05) is 19.6 Å². The lowest BCUT2D eigenvalue weighted by molar-refractivity contribution is -0.144. The van der Waals surface area contributed by atoms with Gasteiger partial charge in [0.15, 0.2) is 0 Å². The summed E-state index contributed by atoms with van der Waals surface area (Å²) < 4.78 is 0. The summed E-state index contributed by atoms with van der Waals surface area (Å²) in [5.74, 6) is -1.37. The third kappa shape index (κ3) is 2.72. The summed E-state index contributed by atoms with van der Waals surface area (Å²) in [6.07, 6.45) is 2.41. The molecule has 0 aromatic rings. The predicted molar refractivity (Wildman–Crippen MR) is 67.3 cm³/mol. The van der Waals surface area contributed by atoms with E-state index >= 15 is 0 Å². The highest BCUT2D eigenvalue weighted by Gasteiger charge is 2.38. The van der Waals surface area contributed by atoms with Gasteiger partial charge in [0.05, 0.1) is 5.92 Å². The quantitative estimate of drug-likeness (QED) is 0.796. The molecule has 2 aliphatic rings. The third-order valence-corrected chi connectivity index (χ3v) is 4.01. The van der Waals surface area contributed by atoms with Gasteiger partial charge in [0.2, 0.25) is 11.8 Å². The smallest absolute Gasteiger partial charge is 0.308 e. The second-order valence-corrected chi connectivity index (χ2v) is 5.22. The van der Waals surface area contributed by atoms with Gasteiger partial charge in [-0.05, 0) is 19.3 Å². The molecule has 106 valence electrons. The summed E-state index contributed by atoms with van der Waals surface area (Å²) >= 11 is 0. The number of carboxylic acid groups (broad SMARTS) is 1. The molecule has 2 amide bonds. The summed E-state index contributed by atoms with van der Waals surface area (Å²) in [5, 5.41) is 8.96. The molecule has 0 aromatic heterocycles. The molecule has 2 fully saturated rings. The van der Waals surface area contributed by atoms with Gasteiger partial charge >= 0.3 is 5.97 Å². The van der Waals surface area contributed by atoms with E-state index in [-0.39, 0.29) is 18.4 Å². The van der Waals surface area contributed by atoms with Crippen molar-refractivity contribution in [3.05, 3.63) is 0 Å². The van der Waals surface area contributed by atoms with Crippen molar-refractivity contribution in [1.29, 1.82) is 0 Å². The molecule has 2 saturated heterocycles. The highest BCUT2D eigenvalue weighted by atomic mass is 16.4. The first kappa shape index (κ1) is 13.8. The average molecular weight is 268 g/mol. The normalized spacial score (nSPS) is 24.9. The monoisotopic (exact) mass is 268 g/mol. The molecular formula is C13H20N2O4. The van der Waals surface area contributed by atoms with E-state index in [1.54, 1.807) is 9.80 Å². The van der Waals surface area contributed by atoms with Gasteiger partial charge in [-0.15, -0.1) is 0 Å². The number of carboxylic acids is 1. The van der Waals surface area contributed by atoms with Crippen molar-refractivity contribution in [2.24, 2.45) is 5.92 Å². The van der Waals surface area contributed by atoms with Gasteiger partial charge in [0.25, 0.3) is 0 Å². The topological polar surface area (TPSA) is 77.9 Å². The van der Waals surface area contributed by atoms with E-state index in [0.29, 0.717) is 32.4 Å². The minimum absolute atomic E-state index is 0.0363. The van der Waals surface area contributed by atoms with Gasteiger partial charge < -0.3 is 14.9 Å². The van der Waals surface area contributed by atoms with E-state index in [0.717, 1.165) is 6.42 Å². The van der Waals surface area contributed by atoms with Crippen molar-refractivity contribution in [3.63, 3.8) is 0 Å². The van der Waals surface area contributed by atoms with Gasteiger partial charge in [-0.3, -0.25) is 14.4 Å². The van der Waals surface area contributed by atoms with Crippen LogP contribution in [0.5, 0.6) is 0 Å². The SMILES string of the molecule is CC[C@@H](C(=O)N1CC[C@@H](C(=O)O)C1)N1CCCC1=O. The molecule has 2 heterocycles. The molecule has 2 rings (SSSR count). The van der Waals surface area contributed by atoms with Crippen molar-refractivity contribution in [2.45, 2.75) is 38.6 Å². The number of hydrogen-bond acceptors (Lipinski definition) is 3. The molecular weight excluding hydrogens is 248 g/mol. The first-order chi connectivity index (χ1) is 9.04. The van der Waals surface area contributed by atoms with Crippen LogP contribution in [0.3, 0.4) is 0 Å². The number of carbonyl (C=O) groups excluding carboxylic acids is 2. The van der Waals surface area contributed by atoms with E-state index in [9.17, 15) is 14.4 Å². The fraction of sp³-hybridized carbons (Fsp3) is 0.769. The Morgan fingerprint density at radius 1 is 1.42 bits per heavy atom. The molecule has 0 saturated carbocycles. The van der Waals surface area contributed by atoms with Crippen LogP contribution in [-0.2, 0) is 14.4 Å². The zero-order chi connectivity index (χ0) is 14.0. The molecule has 0 unspecified atom stereocenters. The Kier molecular flexibility index (Phi) is 4.07. The zero-order valence-electron chi connectivity index (χ0n) is 11.2. The van der Waals surface area contributed by atoms with Crippen LogP contribution in [0.15, 0.2) is 0 Å². The van der Waals surface area contributed by atoms with Crippen LogP contribution < -0.4 is 0 Å². The van der Waals surface area contributed by atoms with E-state index in [4.69, 9.17) is 5.11 Å². The van der Waals surface area contributed by atoms with E-state index in [2.05, 4.69) is 0 Å². The summed E-state index contributed by atoms with van der Waals surface area (Å²) in [6, 6.07) is -0.414. The van der Waals surface area contributed by atoms with Crippen LogP contribution in [0, 0.1) is 5.92 Å². The molecule has 2 aliphatic heterocycles. The second-order valence-electron chi connectivity index (χ2n) is 5.22. The maximum Gasteiger partial charge on any atom is 0.308 e. The van der Waals surface area contributed by atoms with E-state index in [1.807, 2.05) is 6.92 Å². The molecule has 0 spiro atoms. The standard InChI is InChI=1S/C13H20N2O4/c1-2-10(15-6-3-4-11(15)16)12(17)14-7-5-9(8-14)13(18)19/h9-10H,2-8H2,1H3,(H,18,19)/t9-,10+/m1/s1. The van der Waals surface area contributed by atoms with Gasteiger partial charge in [-0.1, -0.05) is 6.92 Å². The molecule has 6 nitrogen and oxygen atoms in total. The number of hydrogen-bond donors (Lipinski definition) is 1. The van der Waals surface area contributed by atoms with Gasteiger partial charge in [0, 0.05) is 26.1 Å². The minimum atomic E-state index is -0.847. The van der Waals surface area contributed by atoms with Crippen LogP contribution >= 0.6 is 0 Å². The number of aliphatic carboxylic acids is 1. The molecule has 19 heavy (non-hydrogen) atoms. The fourth-order valence-electron chi connectivity index (χ4n) is 2.90. The Hall–Kier alpha value is -1.59. The van der Waals surface area contributed by atoms with Gasteiger partial charge in [-0.2, -0.15) is 0 Å². The number of likely N-dealkylation sites (tertiary alicyclic amines) is 2. The minimum Gasteiger partial charge on any atom is -0.481 e. The molecule has 1 N–H and O–H groups in total. The van der Waals surface area contributed by atoms with Gasteiger partial charge in [0.1, 0.15) is 6.04 Å². The Morgan fingerprint density at radius 2 is 2.16 bits per heavy atom. The summed E-state index contributed by atoms with van der Waals surface area (Å²) in [7, 11) is 0. The predicted octanol–water partition coefficient (Wildman–Crippen LogP) is 0.320. The molecule has 0 radical (unpaired) electrons. The Bertz CT molecular complexity index is 396. The first-order valence-corrected chi connectivity index (χ1v) is 6.85. The second kappa shape index (κ2) is 5.59. The summed E-state index contributed by atoms with van der Waals surface area (Å²) in [5.41, 5.74) is 0. The van der Waals surface area contributed by atoms with Crippen LogP contribution in [0.1, 0.15) is 32.6 Å². The average Bonchev–Trinajstić information content (AvgIpc) is 3.00. The molecule has 2 atom stereocenters.